The summed E-state index contributed by atoms with van der Waals surface area (Å²) in [6.45, 7) is 1.44. The Morgan fingerprint density at radius 2 is 2.53 bits per heavy atom. The lowest BCUT2D eigenvalue weighted by Gasteiger charge is -2.10. The Bertz CT molecular complexity index is 372. The number of aromatic nitrogens is 1. The lowest BCUT2D eigenvalue weighted by atomic mass is 10.2. The number of carbonyl (C=O) groups is 1. The molecule has 0 saturated carbocycles. The highest BCUT2D eigenvalue weighted by atomic mass is 16.5. The van der Waals surface area contributed by atoms with Gasteiger partial charge in [-0.25, -0.2) is 4.98 Å². The average Bonchev–Trinajstić information content (AvgIpc) is 2.90. The number of pyridine rings is 1. The van der Waals surface area contributed by atoms with Gasteiger partial charge in [0, 0.05) is 18.8 Å². The van der Waals surface area contributed by atoms with Crippen LogP contribution in [0.4, 0.5) is 0 Å². The van der Waals surface area contributed by atoms with E-state index in [4.69, 9.17) is 4.74 Å². The number of nitrogens with one attached hydrogen (secondary N) is 2. The second-order valence-corrected chi connectivity index (χ2v) is 4.08. The highest BCUT2D eigenvalue weighted by Gasteiger charge is 2.21. The molecule has 1 fully saturated rings. The molecular formula is C12H17N3O2. The van der Waals surface area contributed by atoms with Crippen molar-refractivity contribution in [1.29, 1.82) is 0 Å². The topological polar surface area (TPSA) is 63.2 Å². The normalized spacial score (nSPS) is 19.0. The molecule has 0 spiro atoms. The van der Waals surface area contributed by atoms with E-state index in [1.807, 2.05) is 6.07 Å². The first kappa shape index (κ1) is 11.9. The second kappa shape index (κ2) is 5.63. The van der Waals surface area contributed by atoms with Crippen molar-refractivity contribution in [3.8, 4) is 5.88 Å². The summed E-state index contributed by atoms with van der Waals surface area (Å²) in [5.74, 6) is 0.649. The Morgan fingerprint density at radius 3 is 3.12 bits per heavy atom. The summed E-state index contributed by atoms with van der Waals surface area (Å²) in [5, 5.41) is 6.06. The molecule has 1 aliphatic rings. The Morgan fingerprint density at radius 1 is 1.65 bits per heavy atom. The predicted octanol–water partition coefficient (Wildman–Crippen LogP) is 0.458. The van der Waals surface area contributed by atoms with Crippen LogP contribution in [0, 0.1) is 0 Å². The third-order valence-corrected chi connectivity index (χ3v) is 2.85. The van der Waals surface area contributed by atoms with Crippen LogP contribution >= 0.6 is 0 Å². The first-order valence-electron chi connectivity index (χ1n) is 5.79. The molecule has 5 nitrogen and oxygen atoms in total. The predicted molar refractivity (Wildman–Crippen MR) is 63.7 cm³/mol. The van der Waals surface area contributed by atoms with Gasteiger partial charge in [0.2, 0.25) is 11.8 Å². The zero-order chi connectivity index (χ0) is 12.1. The monoisotopic (exact) mass is 235 g/mol. The number of amides is 1. The quantitative estimate of drug-likeness (QED) is 0.795. The van der Waals surface area contributed by atoms with Gasteiger partial charge in [-0.05, 0) is 24.9 Å². The Balaban J connectivity index is 1.82. The van der Waals surface area contributed by atoms with Crippen molar-refractivity contribution in [1.82, 2.24) is 15.6 Å². The molecule has 1 aliphatic heterocycles. The Hall–Kier alpha value is -1.62. The van der Waals surface area contributed by atoms with Crippen molar-refractivity contribution in [2.45, 2.75) is 25.4 Å². The maximum absolute atomic E-state index is 11.7. The fraction of sp³-hybridized carbons (Fsp3) is 0.500. The van der Waals surface area contributed by atoms with Crippen LogP contribution in [0.3, 0.4) is 0 Å². The lowest BCUT2D eigenvalue weighted by Crippen LogP contribution is -2.40. The molecule has 2 heterocycles. The van der Waals surface area contributed by atoms with Gasteiger partial charge in [0.05, 0.1) is 13.2 Å². The van der Waals surface area contributed by atoms with E-state index in [1.54, 1.807) is 19.4 Å². The van der Waals surface area contributed by atoms with E-state index in [-0.39, 0.29) is 11.9 Å². The van der Waals surface area contributed by atoms with E-state index in [0.29, 0.717) is 12.4 Å². The molecule has 1 aromatic heterocycles. The zero-order valence-electron chi connectivity index (χ0n) is 9.90. The minimum atomic E-state index is -0.0267. The van der Waals surface area contributed by atoms with Crippen molar-refractivity contribution < 1.29 is 9.53 Å². The summed E-state index contributed by atoms with van der Waals surface area (Å²) in [5.41, 5.74) is 0.970. The molecule has 17 heavy (non-hydrogen) atoms. The molecule has 2 rings (SSSR count). The number of ether oxygens (including phenoxy) is 1. The van der Waals surface area contributed by atoms with Gasteiger partial charge in [-0.1, -0.05) is 6.07 Å². The van der Waals surface area contributed by atoms with Crippen molar-refractivity contribution >= 4 is 5.91 Å². The second-order valence-electron chi connectivity index (χ2n) is 4.08. The van der Waals surface area contributed by atoms with Crippen molar-refractivity contribution in [2.75, 3.05) is 13.7 Å². The van der Waals surface area contributed by atoms with Crippen LogP contribution in [-0.4, -0.2) is 30.6 Å². The van der Waals surface area contributed by atoms with Crippen molar-refractivity contribution in [3.05, 3.63) is 23.9 Å². The average molecular weight is 235 g/mol. The zero-order valence-corrected chi connectivity index (χ0v) is 9.90. The van der Waals surface area contributed by atoms with Crippen LogP contribution in [0.15, 0.2) is 18.3 Å². The molecule has 92 valence electrons. The third-order valence-electron chi connectivity index (χ3n) is 2.85. The maximum Gasteiger partial charge on any atom is 0.237 e. The first-order chi connectivity index (χ1) is 8.29. The van der Waals surface area contributed by atoms with E-state index in [2.05, 4.69) is 15.6 Å². The molecular weight excluding hydrogens is 218 g/mol. The smallest absolute Gasteiger partial charge is 0.237 e. The van der Waals surface area contributed by atoms with Crippen LogP contribution in [0.2, 0.25) is 0 Å². The maximum atomic E-state index is 11.7. The van der Waals surface area contributed by atoms with E-state index in [1.165, 1.54) is 0 Å². The largest absolute Gasteiger partial charge is 0.481 e. The van der Waals surface area contributed by atoms with Gasteiger partial charge < -0.3 is 15.4 Å². The van der Waals surface area contributed by atoms with Crippen LogP contribution in [0.25, 0.3) is 0 Å². The van der Waals surface area contributed by atoms with Crippen LogP contribution in [-0.2, 0) is 11.3 Å². The Kier molecular flexibility index (Phi) is 3.93. The number of hydrogen-bond acceptors (Lipinski definition) is 4. The molecule has 1 atom stereocenters. The molecule has 0 bridgehead atoms. The van der Waals surface area contributed by atoms with Gasteiger partial charge in [0.1, 0.15) is 0 Å². The minimum absolute atomic E-state index is 0.0267. The third kappa shape index (κ3) is 3.17. The first-order valence-corrected chi connectivity index (χ1v) is 5.79. The van der Waals surface area contributed by atoms with Crippen molar-refractivity contribution in [2.24, 2.45) is 0 Å². The fourth-order valence-electron chi connectivity index (χ4n) is 1.86. The van der Waals surface area contributed by atoms with E-state index >= 15 is 0 Å². The molecule has 0 radical (unpaired) electrons. The summed E-state index contributed by atoms with van der Waals surface area (Å²) >= 11 is 0. The summed E-state index contributed by atoms with van der Waals surface area (Å²) < 4.78 is 4.97. The highest BCUT2D eigenvalue weighted by Crippen LogP contribution is 2.07. The summed E-state index contributed by atoms with van der Waals surface area (Å²) in [6.07, 6.45) is 3.70. The van der Waals surface area contributed by atoms with Gasteiger partial charge in [-0.2, -0.15) is 0 Å². The van der Waals surface area contributed by atoms with E-state index in [0.717, 1.165) is 24.9 Å². The molecule has 0 aromatic carbocycles. The summed E-state index contributed by atoms with van der Waals surface area (Å²) in [7, 11) is 1.58. The van der Waals surface area contributed by atoms with E-state index in [9.17, 15) is 4.79 Å². The van der Waals surface area contributed by atoms with Gasteiger partial charge >= 0.3 is 0 Å². The Labute approximate surface area is 101 Å². The number of hydrogen-bond donors (Lipinski definition) is 2. The number of carbonyl (C=O) groups excluding carboxylic acids is 1. The lowest BCUT2D eigenvalue weighted by molar-refractivity contribution is -0.122. The highest BCUT2D eigenvalue weighted by molar-refractivity contribution is 5.81. The molecule has 2 N–H and O–H groups in total. The molecule has 0 aliphatic carbocycles. The van der Waals surface area contributed by atoms with Crippen LogP contribution in [0.1, 0.15) is 18.4 Å². The van der Waals surface area contributed by atoms with Gasteiger partial charge in [0.15, 0.2) is 0 Å². The van der Waals surface area contributed by atoms with Crippen molar-refractivity contribution in [3.63, 3.8) is 0 Å². The number of methoxy groups -OCH3 is 1. The molecule has 0 unspecified atom stereocenters. The van der Waals surface area contributed by atoms with Crippen LogP contribution in [0.5, 0.6) is 5.88 Å². The van der Waals surface area contributed by atoms with Crippen LogP contribution < -0.4 is 15.4 Å². The molecule has 1 aromatic rings. The number of rotatable bonds is 4. The summed E-state index contributed by atoms with van der Waals surface area (Å²) in [6, 6.07) is 3.66. The molecule has 1 saturated heterocycles. The van der Waals surface area contributed by atoms with Gasteiger partial charge in [-0.3, -0.25) is 4.79 Å². The molecule has 1 amide bonds. The SMILES string of the molecule is COc1ccc(CNC(=O)[C@H]2CCCN2)cn1. The summed E-state index contributed by atoms with van der Waals surface area (Å²) in [4.78, 5) is 15.8. The molecule has 5 heteroatoms. The standard InChI is InChI=1S/C12H17N3O2/c1-17-11-5-4-9(7-14-11)8-15-12(16)10-3-2-6-13-10/h4-5,7,10,13H,2-3,6,8H2,1H3,(H,15,16)/t10-/m1/s1. The van der Waals surface area contributed by atoms with Gasteiger partial charge in [-0.15, -0.1) is 0 Å². The minimum Gasteiger partial charge on any atom is -0.481 e. The number of nitrogens with zero attached hydrogens (tertiary/aromatic N) is 1. The fourth-order valence-corrected chi connectivity index (χ4v) is 1.86. The van der Waals surface area contributed by atoms with Gasteiger partial charge in [0.25, 0.3) is 0 Å². The van der Waals surface area contributed by atoms with E-state index < -0.39 is 0 Å².